The van der Waals surface area contributed by atoms with Gasteiger partial charge in [-0.15, -0.1) is 0 Å². The molecule has 6 nitrogen and oxygen atoms in total. The Morgan fingerprint density at radius 2 is 2.08 bits per heavy atom. The van der Waals surface area contributed by atoms with Crippen molar-refractivity contribution in [3.8, 4) is 0 Å². The molecule has 1 fully saturated rings. The van der Waals surface area contributed by atoms with Crippen LogP contribution in [0.3, 0.4) is 0 Å². The highest BCUT2D eigenvalue weighted by Crippen LogP contribution is 2.30. The van der Waals surface area contributed by atoms with Gasteiger partial charge in [-0.1, -0.05) is 13.0 Å². The van der Waals surface area contributed by atoms with Crippen molar-refractivity contribution in [3.63, 3.8) is 0 Å². The van der Waals surface area contributed by atoms with Crippen LogP contribution >= 0.6 is 0 Å². The van der Waals surface area contributed by atoms with Crippen LogP contribution in [0.25, 0.3) is 0 Å². The van der Waals surface area contributed by atoms with E-state index in [0.29, 0.717) is 19.4 Å². The Kier molecular flexibility index (Phi) is 5.74. The minimum atomic E-state index is -4.32. The lowest BCUT2D eigenvalue weighted by molar-refractivity contribution is -0.139. The fourth-order valence-electron chi connectivity index (χ4n) is 3.05. The summed E-state index contributed by atoms with van der Waals surface area (Å²) in [5.74, 6) is -0.884. The van der Waals surface area contributed by atoms with Gasteiger partial charge in [0, 0.05) is 30.7 Å². The zero-order valence-electron chi connectivity index (χ0n) is 13.5. The van der Waals surface area contributed by atoms with Gasteiger partial charge < -0.3 is 15.3 Å². The molecule has 1 aliphatic heterocycles. The molecule has 0 saturated heterocycles. The van der Waals surface area contributed by atoms with E-state index in [1.807, 2.05) is 11.8 Å². The van der Waals surface area contributed by atoms with E-state index in [0.717, 1.165) is 6.08 Å². The minimum absolute atomic E-state index is 0.0288. The van der Waals surface area contributed by atoms with Crippen LogP contribution in [0.2, 0.25) is 0 Å². The summed E-state index contributed by atoms with van der Waals surface area (Å²) in [5, 5.41) is 11.6. The molecule has 24 heavy (non-hydrogen) atoms. The molecule has 2 aliphatic rings. The molecule has 1 heterocycles. The van der Waals surface area contributed by atoms with Crippen LogP contribution in [0.5, 0.6) is 0 Å². The van der Waals surface area contributed by atoms with Crippen molar-refractivity contribution in [1.29, 1.82) is 0 Å². The normalized spacial score (nSPS) is 24.4. The second-order valence-corrected chi connectivity index (χ2v) is 6.15. The summed E-state index contributed by atoms with van der Waals surface area (Å²) in [4.78, 5) is 26.0. The number of hydrogen-bond acceptors (Lipinski definition) is 3. The number of hydrogen-bond donors (Lipinski definition) is 2. The number of likely N-dealkylation sites (N-methyl/N-ethyl adjacent to an activating group) is 1. The molecule has 2 amide bonds. The third-order valence-corrected chi connectivity index (χ3v) is 4.56. The number of rotatable bonds is 5. The molecule has 0 unspecified atom stereocenters. The molecule has 0 aromatic rings. The zero-order valence-corrected chi connectivity index (χ0v) is 13.5. The number of nitrogens with zero attached hydrogens (tertiary/aromatic N) is 2. The van der Waals surface area contributed by atoms with Gasteiger partial charge in [-0.25, -0.2) is 4.79 Å². The average Bonchev–Trinajstić information content (AvgIpc) is 2.47. The Labute approximate surface area is 138 Å². The monoisotopic (exact) mass is 349 g/mol. The largest absolute Gasteiger partial charge is 0.480 e. The lowest BCUT2D eigenvalue weighted by Gasteiger charge is -2.43. The molecule has 0 atom stereocenters. The van der Waals surface area contributed by atoms with E-state index in [1.165, 1.54) is 4.90 Å². The zero-order chi connectivity index (χ0) is 17.9. The number of halogens is 3. The van der Waals surface area contributed by atoms with Gasteiger partial charge in [0.1, 0.15) is 0 Å². The van der Waals surface area contributed by atoms with Crippen LogP contribution in [0.1, 0.15) is 26.2 Å². The summed E-state index contributed by atoms with van der Waals surface area (Å²) in [6.07, 6.45) is -2.14. The second-order valence-electron chi connectivity index (χ2n) is 6.15. The predicted octanol–water partition coefficient (Wildman–Crippen LogP) is 1.83. The van der Waals surface area contributed by atoms with Crippen LogP contribution in [0.4, 0.5) is 18.0 Å². The highest BCUT2D eigenvalue weighted by Gasteiger charge is 2.37. The molecule has 0 aromatic carbocycles. The van der Waals surface area contributed by atoms with Gasteiger partial charge in [-0.2, -0.15) is 13.2 Å². The van der Waals surface area contributed by atoms with Gasteiger partial charge in [-0.3, -0.25) is 9.69 Å². The number of carboxylic acids is 1. The van der Waals surface area contributed by atoms with Crippen molar-refractivity contribution in [2.75, 3.05) is 26.2 Å². The Morgan fingerprint density at radius 1 is 1.42 bits per heavy atom. The first-order valence-corrected chi connectivity index (χ1v) is 7.98. The van der Waals surface area contributed by atoms with Crippen LogP contribution in [0.15, 0.2) is 11.6 Å². The van der Waals surface area contributed by atoms with Gasteiger partial charge in [0.2, 0.25) is 0 Å². The maximum absolute atomic E-state index is 12.6. The maximum Gasteiger partial charge on any atom is 0.412 e. The number of aliphatic carboxylic acids is 1. The Bertz CT molecular complexity index is 516. The van der Waals surface area contributed by atoms with Gasteiger partial charge in [0.15, 0.2) is 0 Å². The predicted molar refractivity (Wildman–Crippen MR) is 80.6 cm³/mol. The topological polar surface area (TPSA) is 72.9 Å². The number of alkyl halides is 3. The number of amides is 2. The fraction of sp³-hybridized carbons (Fsp3) is 0.733. The van der Waals surface area contributed by atoms with E-state index in [-0.39, 0.29) is 44.2 Å². The van der Waals surface area contributed by atoms with Crippen LogP contribution in [-0.2, 0) is 4.79 Å². The van der Waals surface area contributed by atoms with E-state index >= 15 is 0 Å². The number of carboxylic acid groups (broad SMARTS) is 1. The van der Waals surface area contributed by atoms with Crippen molar-refractivity contribution >= 4 is 12.0 Å². The first-order valence-electron chi connectivity index (χ1n) is 7.98. The lowest BCUT2D eigenvalue weighted by atomic mass is 9.85. The van der Waals surface area contributed by atoms with Crippen molar-refractivity contribution in [2.45, 2.75) is 44.4 Å². The molecule has 2 rings (SSSR count). The highest BCUT2D eigenvalue weighted by molar-refractivity contribution is 5.75. The molecule has 1 saturated carbocycles. The SMILES string of the molecule is CCN(CC(=O)O)C1CC(NC(=O)N2CC=C(C(F)(F)F)CC2)C1. The smallest absolute Gasteiger partial charge is 0.412 e. The van der Waals surface area contributed by atoms with E-state index in [2.05, 4.69) is 5.32 Å². The first kappa shape index (κ1) is 18.6. The molecule has 0 spiro atoms. The molecule has 9 heteroatoms. The highest BCUT2D eigenvalue weighted by atomic mass is 19.4. The Hall–Kier alpha value is -1.77. The number of urea groups is 1. The van der Waals surface area contributed by atoms with Crippen LogP contribution < -0.4 is 5.32 Å². The lowest BCUT2D eigenvalue weighted by Crippen LogP contribution is -2.57. The molecule has 2 N–H and O–H groups in total. The van der Waals surface area contributed by atoms with Gasteiger partial charge in [-0.05, 0) is 25.8 Å². The standard InChI is InChI=1S/C15H22F3N3O3/c1-2-20(9-13(22)23)12-7-11(8-12)19-14(24)21-5-3-10(4-6-21)15(16,17)18/h3,11-12H,2,4-9H2,1H3,(H,19,24)(H,22,23). The van der Waals surface area contributed by atoms with Gasteiger partial charge in [0.05, 0.1) is 6.54 Å². The third kappa shape index (κ3) is 4.62. The van der Waals surface area contributed by atoms with Crippen molar-refractivity contribution in [3.05, 3.63) is 11.6 Å². The summed E-state index contributed by atoms with van der Waals surface area (Å²) < 4.78 is 37.7. The van der Waals surface area contributed by atoms with E-state index in [4.69, 9.17) is 5.11 Å². The molecule has 0 radical (unpaired) electrons. The van der Waals surface area contributed by atoms with E-state index in [9.17, 15) is 22.8 Å². The van der Waals surface area contributed by atoms with Crippen molar-refractivity contribution in [2.24, 2.45) is 0 Å². The van der Waals surface area contributed by atoms with Gasteiger partial charge in [0.25, 0.3) is 0 Å². The van der Waals surface area contributed by atoms with Crippen molar-refractivity contribution < 1.29 is 27.9 Å². The number of carbonyl (C=O) groups is 2. The van der Waals surface area contributed by atoms with Crippen LogP contribution in [-0.4, -0.2) is 71.3 Å². The quantitative estimate of drug-likeness (QED) is 0.743. The minimum Gasteiger partial charge on any atom is -0.480 e. The molecule has 1 aliphatic carbocycles. The summed E-state index contributed by atoms with van der Waals surface area (Å²) in [5.41, 5.74) is -0.581. The summed E-state index contributed by atoms with van der Waals surface area (Å²) in [6.45, 7) is 2.48. The molecular weight excluding hydrogens is 327 g/mol. The Balaban J connectivity index is 1.75. The second kappa shape index (κ2) is 7.42. The molecule has 0 bridgehead atoms. The summed E-state index contributed by atoms with van der Waals surface area (Å²) in [7, 11) is 0. The summed E-state index contributed by atoms with van der Waals surface area (Å²) in [6, 6.07) is -0.301. The molecule has 136 valence electrons. The van der Waals surface area contributed by atoms with Gasteiger partial charge >= 0.3 is 18.2 Å². The Morgan fingerprint density at radius 3 is 2.54 bits per heavy atom. The van der Waals surface area contributed by atoms with Crippen LogP contribution in [0, 0.1) is 0 Å². The molecule has 0 aromatic heterocycles. The fourth-order valence-corrected chi connectivity index (χ4v) is 3.05. The van der Waals surface area contributed by atoms with Crippen molar-refractivity contribution in [1.82, 2.24) is 15.1 Å². The molecular formula is C15H22F3N3O3. The third-order valence-electron chi connectivity index (χ3n) is 4.56. The van der Waals surface area contributed by atoms with E-state index < -0.39 is 17.7 Å². The summed E-state index contributed by atoms with van der Waals surface area (Å²) >= 11 is 0. The van der Waals surface area contributed by atoms with E-state index in [1.54, 1.807) is 0 Å². The number of carbonyl (C=O) groups excluding carboxylic acids is 1. The first-order chi connectivity index (χ1) is 11.2. The number of nitrogens with one attached hydrogen (secondary N) is 1. The maximum atomic E-state index is 12.6. The average molecular weight is 349 g/mol.